The number of nitriles is 1. The second kappa shape index (κ2) is 7.20. The fourth-order valence-electron chi connectivity index (χ4n) is 1.92. The quantitative estimate of drug-likeness (QED) is 0.763. The number of nitrogens with zero attached hydrogens (tertiary/aromatic N) is 1. The van der Waals surface area contributed by atoms with Crippen molar-refractivity contribution in [2.24, 2.45) is 0 Å². The average Bonchev–Trinajstić information content (AvgIpc) is 2.51. The second-order valence-corrected chi connectivity index (χ2v) is 4.46. The van der Waals surface area contributed by atoms with Gasteiger partial charge in [0.05, 0.1) is 12.7 Å². The molecule has 0 spiro atoms. The van der Waals surface area contributed by atoms with Gasteiger partial charge in [0.15, 0.2) is 11.5 Å². The summed E-state index contributed by atoms with van der Waals surface area (Å²) in [6.45, 7) is 2.74. The number of hydrogen-bond acceptors (Lipinski definition) is 4. The Hall–Kier alpha value is -2.67. The number of benzene rings is 2. The van der Waals surface area contributed by atoms with E-state index >= 15 is 0 Å². The molecule has 4 nitrogen and oxygen atoms in total. The summed E-state index contributed by atoms with van der Waals surface area (Å²) in [5.74, 6) is 1.80. The lowest BCUT2D eigenvalue weighted by Gasteiger charge is -2.12. The molecule has 0 saturated heterocycles. The number of ether oxygens (including phenoxy) is 3. The first-order valence-corrected chi connectivity index (χ1v) is 6.64. The minimum Gasteiger partial charge on any atom is -0.493 e. The number of hydrogen-bond donors (Lipinski definition) is 0. The first-order valence-electron chi connectivity index (χ1n) is 6.64. The Balaban J connectivity index is 1.93. The van der Waals surface area contributed by atoms with Gasteiger partial charge in [0.2, 0.25) is 0 Å². The smallest absolute Gasteiger partial charge is 0.179 e. The van der Waals surface area contributed by atoms with Crippen LogP contribution in [0.2, 0.25) is 0 Å². The molecule has 0 heterocycles. The van der Waals surface area contributed by atoms with Gasteiger partial charge < -0.3 is 14.2 Å². The van der Waals surface area contributed by atoms with Gasteiger partial charge in [-0.25, -0.2) is 0 Å². The van der Waals surface area contributed by atoms with Crippen molar-refractivity contribution in [2.45, 2.75) is 6.92 Å². The summed E-state index contributed by atoms with van der Waals surface area (Å²) < 4.78 is 16.4. The van der Waals surface area contributed by atoms with E-state index in [0.29, 0.717) is 30.3 Å². The molecular formula is C17H17NO3. The molecule has 2 rings (SSSR count). The van der Waals surface area contributed by atoms with E-state index in [1.165, 1.54) is 0 Å². The molecule has 0 aliphatic heterocycles. The van der Waals surface area contributed by atoms with Crippen molar-refractivity contribution in [3.8, 4) is 23.3 Å². The zero-order valence-corrected chi connectivity index (χ0v) is 12.1. The van der Waals surface area contributed by atoms with Crippen molar-refractivity contribution < 1.29 is 14.2 Å². The van der Waals surface area contributed by atoms with E-state index in [9.17, 15) is 0 Å². The van der Waals surface area contributed by atoms with Gasteiger partial charge in [-0.3, -0.25) is 0 Å². The normalized spacial score (nSPS) is 9.76. The van der Waals surface area contributed by atoms with E-state index in [1.54, 1.807) is 25.3 Å². The lowest BCUT2D eigenvalue weighted by atomic mass is 10.2. The Morgan fingerprint density at radius 2 is 1.81 bits per heavy atom. The fraction of sp³-hybridized carbons (Fsp3) is 0.235. The lowest BCUT2D eigenvalue weighted by molar-refractivity contribution is 0.211. The van der Waals surface area contributed by atoms with E-state index in [2.05, 4.69) is 6.07 Å². The van der Waals surface area contributed by atoms with Crippen LogP contribution >= 0.6 is 0 Å². The van der Waals surface area contributed by atoms with Gasteiger partial charge in [0.1, 0.15) is 25.0 Å². The highest BCUT2D eigenvalue weighted by Crippen LogP contribution is 2.30. The Labute approximate surface area is 124 Å². The highest BCUT2D eigenvalue weighted by molar-refractivity contribution is 5.52. The van der Waals surface area contributed by atoms with Crippen LogP contribution in [0.15, 0.2) is 42.5 Å². The average molecular weight is 283 g/mol. The summed E-state index contributed by atoms with van der Waals surface area (Å²) in [5.41, 5.74) is 1.59. The number of para-hydroxylation sites is 1. The van der Waals surface area contributed by atoms with Gasteiger partial charge in [0, 0.05) is 0 Å². The van der Waals surface area contributed by atoms with Crippen LogP contribution in [0.1, 0.15) is 11.1 Å². The van der Waals surface area contributed by atoms with E-state index in [1.807, 2.05) is 31.2 Å². The summed E-state index contributed by atoms with van der Waals surface area (Å²) in [6, 6.07) is 15.1. The molecule has 2 aromatic rings. The zero-order chi connectivity index (χ0) is 15.1. The third-order valence-corrected chi connectivity index (χ3v) is 2.91. The van der Waals surface area contributed by atoms with Crippen LogP contribution in [-0.4, -0.2) is 20.3 Å². The number of rotatable bonds is 6. The molecule has 0 saturated carbocycles. The van der Waals surface area contributed by atoms with Crippen LogP contribution in [0.25, 0.3) is 0 Å². The third kappa shape index (κ3) is 3.90. The molecule has 0 atom stereocenters. The highest BCUT2D eigenvalue weighted by atomic mass is 16.5. The van der Waals surface area contributed by atoms with Crippen molar-refractivity contribution in [3.05, 3.63) is 53.6 Å². The molecule has 0 fully saturated rings. The maximum absolute atomic E-state index is 9.09. The molecule has 108 valence electrons. The van der Waals surface area contributed by atoms with Gasteiger partial charge in [-0.15, -0.1) is 0 Å². The van der Waals surface area contributed by atoms with Crippen molar-refractivity contribution in [1.29, 1.82) is 5.26 Å². The molecular weight excluding hydrogens is 266 g/mol. The molecule has 2 aromatic carbocycles. The monoisotopic (exact) mass is 283 g/mol. The Morgan fingerprint density at radius 3 is 2.52 bits per heavy atom. The van der Waals surface area contributed by atoms with E-state index in [-0.39, 0.29) is 0 Å². The third-order valence-electron chi connectivity index (χ3n) is 2.91. The van der Waals surface area contributed by atoms with Crippen molar-refractivity contribution in [3.63, 3.8) is 0 Å². The standard InChI is InChI=1S/C17H17NO3/c1-13-5-3-7-15(11-13)20-9-10-21-17-14(12-18)6-4-8-16(17)19-2/h3-8,11H,9-10H2,1-2H3. The summed E-state index contributed by atoms with van der Waals surface area (Å²) in [6.07, 6.45) is 0. The van der Waals surface area contributed by atoms with Gasteiger partial charge in [-0.1, -0.05) is 18.2 Å². The lowest BCUT2D eigenvalue weighted by Crippen LogP contribution is -2.10. The topological polar surface area (TPSA) is 51.5 Å². The van der Waals surface area contributed by atoms with Crippen molar-refractivity contribution in [2.75, 3.05) is 20.3 Å². The first kappa shape index (κ1) is 14.7. The first-order chi connectivity index (χ1) is 10.2. The molecule has 0 aliphatic rings. The molecule has 0 aromatic heterocycles. The Kier molecular flexibility index (Phi) is 5.05. The Bertz CT molecular complexity index is 647. The molecule has 0 aliphatic carbocycles. The summed E-state index contributed by atoms with van der Waals surface area (Å²) in [4.78, 5) is 0. The molecule has 0 radical (unpaired) electrons. The summed E-state index contributed by atoms with van der Waals surface area (Å²) >= 11 is 0. The van der Waals surface area contributed by atoms with Crippen LogP contribution < -0.4 is 14.2 Å². The minimum atomic E-state index is 0.336. The highest BCUT2D eigenvalue weighted by Gasteiger charge is 2.10. The van der Waals surface area contributed by atoms with Crippen LogP contribution in [0.4, 0.5) is 0 Å². The maximum atomic E-state index is 9.09. The summed E-state index contributed by atoms with van der Waals surface area (Å²) in [7, 11) is 1.55. The largest absolute Gasteiger partial charge is 0.493 e. The molecule has 0 bridgehead atoms. The van der Waals surface area contributed by atoms with E-state index in [0.717, 1.165) is 11.3 Å². The van der Waals surface area contributed by atoms with Gasteiger partial charge in [-0.05, 0) is 36.8 Å². The fourth-order valence-corrected chi connectivity index (χ4v) is 1.92. The van der Waals surface area contributed by atoms with Crippen LogP contribution in [0.5, 0.6) is 17.2 Å². The van der Waals surface area contributed by atoms with Crippen LogP contribution in [0, 0.1) is 18.3 Å². The van der Waals surface area contributed by atoms with E-state index < -0.39 is 0 Å². The number of aryl methyl sites for hydroxylation is 1. The van der Waals surface area contributed by atoms with Gasteiger partial charge in [0.25, 0.3) is 0 Å². The molecule has 4 heteroatoms. The van der Waals surface area contributed by atoms with Crippen LogP contribution in [0.3, 0.4) is 0 Å². The minimum absolute atomic E-state index is 0.336. The molecule has 0 unspecified atom stereocenters. The number of methoxy groups -OCH3 is 1. The van der Waals surface area contributed by atoms with Gasteiger partial charge in [-0.2, -0.15) is 5.26 Å². The molecule has 21 heavy (non-hydrogen) atoms. The zero-order valence-electron chi connectivity index (χ0n) is 12.1. The van der Waals surface area contributed by atoms with Crippen molar-refractivity contribution >= 4 is 0 Å². The Morgan fingerprint density at radius 1 is 1.05 bits per heavy atom. The van der Waals surface area contributed by atoms with Crippen LogP contribution in [-0.2, 0) is 0 Å². The van der Waals surface area contributed by atoms with E-state index in [4.69, 9.17) is 19.5 Å². The predicted molar refractivity (Wildman–Crippen MR) is 79.9 cm³/mol. The molecule has 0 amide bonds. The maximum Gasteiger partial charge on any atom is 0.179 e. The second-order valence-electron chi connectivity index (χ2n) is 4.46. The van der Waals surface area contributed by atoms with Crippen molar-refractivity contribution in [1.82, 2.24) is 0 Å². The van der Waals surface area contributed by atoms with Gasteiger partial charge >= 0.3 is 0 Å². The SMILES string of the molecule is COc1cccc(C#N)c1OCCOc1cccc(C)c1. The molecule has 0 N–H and O–H groups in total. The predicted octanol–water partition coefficient (Wildman–Crippen LogP) is 3.33. The summed E-state index contributed by atoms with van der Waals surface area (Å²) in [5, 5.41) is 9.09.